The summed E-state index contributed by atoms with van der Waals surface area (Å²) < 4.78 is 35.0. The predicted molar refractivity (Wildman–Crippen MR) is 149 cm³/mol. The molecule has 4 rings (SSSR count). The molecule has 2 heterocycles. The molecule has 0 radical (unpaired) electrons. The maximum Gasteiger partial charge on any atom is 0.494 e. The predicted octanol–water partition coefficient (Wildman–Crippen LogP) is 5.29. The minimum atomic E-state index is -1.08. The van der Waals surface area contributed by atoms with E-state index in [0.717, 1.165) is 22.5 Å². The van der Waals surface area contributed by atoms with Crippen molar-refractivity contribution in [3.8, 4) is 23.0 Å². The van der Waals surface area contributed by atoms with Crippen LogP contribution in [0.1, 0.15) is 59.9 Å². The van der Waals surface area contributed by atoms with Gasteiger partial charge >= 0.3 is 13.1 Å². The van der Waals surface area contributed by atoms with Crippen molar-refractivity contribution in [2.75, 3.05) is 13.2 Å². The van der Waals surface area contributed by atoms with Crippen molar-refractivity contribution in [2.45, 2.75) is 78.6 Å². The van der Waals surface area contributed by atoms with Crippen LogP contribution in [0, 0.1) is 6.92 Å². The minimum absolute atomic E-state index is 0.305. The van der Waals surface area contributed by atoms with Gasteiger partial charge < -0.3 is 27.9 Å². The van der Waals surface area contributed by atoms with Gasteiger partial charge in [0, 0.05) is 12.0 Å². The third-order valence-electron chi connectivity index (χ3n) is 7.15. The number of ether oxygens (including phenoxy) is 3. The van der Waals surface area contributed by atoms with Gasteiger partial charge in [0.05, 0.1) is 30.1 Å². The van der Waals surface area contributed by atoms with Gasteiger partial charge in [-0.2, -0.15) is 0 Å². The van der Waals surface area contributed by atoms with E-state index in [1.165, 1.54) is 0 Å². The Morgan fingerprint density at radius 1 is 0.949 bits per heavy atom. The van der Waals surface area contributed by atoms with Gasteiger partial charge in [-0.15, -0.1) is 0 Å². The normalized spacial score (nSPS) is 16.3. The zero-order valence-corrected chi connectivity index (χ0v) is 24.1. The monoisotopic (exact) mass is 535 g/mol. The largest absolute Gasteiger partial charge is 0.494 e. The summed E-state index contributed by atoms with van der Waals surface area (Å²) >= 11 is 0. The average molecular weight is 535 g/mol. The second kappa shape index (κ2) is 11.1. The first-order valence-electron chi connectivity index (χ1n) is 13.3. The van der Waals surface area contributed by atoms with Crippen LogP contribution in [-0.4, -0.2) is 48.1 Å². The number of aryl methyl sites for hydroxylation is 1. The molecule has 208 valence electrons. The Morgan fingerprint density at radius 2 is 1.54 bits per heavy atom. The highest BCUT2D eigenvalue weighted by molar-refractivity contribution is 6.62. The summed E-state index contributed by atoms with van der Waals surface area (Å²) in [5, 5.41) is 0. The lowest BCUT2D eigenvalue weighted by molar-refractivity contribution is -0.158. The number of rotatable bonds is 10. The molecule has 1 aliphatic rings. The average Bonchev–Trinajstić information content (AvgIpc) is 3.35. The molecule has 0 unspecified atom stereocenters. The van der Waals surface area contributed by atoms with E-state index in [1.54, 1.807) is 45.0 Å². The number of oxazole rings is 1. The zero-order valence-electron chi connectivity index (χ0n) is 24.1. The second-order valence-electron chi connectivity index (χ2n) is 11.1. The highest BCUT2D eigenvalue weighted by Crippen LogP contribution is 2.36. The van der Waals surface area contributed by atoms with E-state index in [-0.39, 0.29) is 11.2 Å². The number of esters is 1. The summed E-state index contributed by atoms with van der Waals surface area (Å²) in [7, 11) is -0.409. The lowest BCUT2D eigenvalue weighted by atomic mass is 9.79. The fraction of sp³-hybridized carbons (Fsp3) is 0.467. The molecular weight excluding hydrogens is 497 g/mol. The first kappa shape index (κ1) is 28.7. The summed E-state index contributed by atoms with van der Waals surface area (Å²) in [5.41, 5.74) is 0.832. The number of nitrogens with zero attached hydrogens (tertiary/aromatic N) is 1. The second-order valence-corrected chi connectivity index (χ2v) is 11.1. The molecule has 3 aromatic rings. The van der Waals surface area contributed by atoms with Crippen molar-refractivity contribution >= 4 is 18.6 Å². The fourth-order valence-electron chi connectivity index (χ4n) is 4.06. The molecule has 1 aromatic heterocycles. The number of hydrogen-bond acceptors (Lipinski definition) is 8. The van der Waals surface area contributed by atoms with E-state index in [2.05, 4.69) is 0 Å². The summed E-state index contributed by atoms with van der Waals surface area (Å²) in [6.07, 6.45) is 0.593. The molecule has 0 saturated carbocycles. The molecule has 1 fully saturated rings. The lowest BCUT2D eigenvalue weighted by Gasteiger charge is -2.32. The number of benzene rings is 2. The highest BCUT2D eigenvalue weighted by Gasteiger charge is 2.51. The molecule has 39 heavy (non-hydrogen) atoms. The maximum absolute atomic E-state index is 12.0. The van der Waals surface area contributed by atoms with Gasteiger partial charge in [0.1, 0.15) is 17.3 Å². The van der Waals surface area contributed by atoms with E-state index in [9.17, 15) is 4.79 Å². The number of carbonyl (C=O) groups is 1. The third-order valence-corrected chi connectivity index (χ3v) is 7.15. The van der Waals surface area contributed by atoms with Crippen molar-refractivity contribution in [1.82, 2.24) is 4.98 Å². The van der Waals surface area contributed by atoms with Gasteiger partial charge in [0.15, 0.2) is 5.60 Å². The summed E-state index contributed by atoms with van der Waals surface area (Å²) in [4.78, 5) is 16.7. The van der Waals surface area contributed by atoms with Crippen LogP contribution in [0.25, 0.3) is 11.5 Å². The topological polar surface area (TPSA) is 89.3 Å². The smallest absolute Gasteiger partial charge is 0.493 e. The van der Waals surface area contributed by atoms with Crippen molar-refractivity contribution in [3.63, 3.8) is 0 Å². The van der Waals surface area contributed by atoms with Gasteiger partial charge in [0.25, 0.3) is 0 Å². The molecule has 0 amide bonds. The SMILES string of the molecule is CCOC(=O)C(C)(C)Oc1ccc(OCCc2nc(-c3ccc(B4OC(C)(C)C(C)(C)O4)cc3)oc2C)cc1. The Bertz CT molecular complexity index is 1260. The maximum atomic E-state index is 12.0. The third kappa shape index (κ3) is 6.48. The summed E-state index contributed by atoms with van der Waals surface area (Å²) in [6, 6.07) is 15.1. The van der Waals surface area contributed by atoms with Crippen molar-refractivity contribution in [3.05, 3.63) is 60.0 Å². The van der Waals surface area contributed by atoms with Gasteiger partial charge in [0.2, 0.25) is 5.89 Å². The van der Waals surface area contributed by atoms with E-state index >= 15 is 0 Å². The van der Waals surface area contributed by atoms with Crippen molar-refractivity contribution in [1.29, 1.82) is 0 Å². The molecular formula is C30H38BNO7. The van der Waals surface area contributed by atoms with Crippen molar-refractivity contribution < 1.29 is 32.7 Å². The number of hydrogen-bond donors (Lipinski definition) is 0. The lowest BCUT2D eigenvalue weighted by Crippen LogP contribution is -2.41. The Labute approximate surface area is 231 Å². The highest BCUT2D eigenvalue weighted by atomic mass is 16.7. The molecule has 8 nitrogen and oxygen atoms in total. The van der Waals surface area contributed by atoms with Gasteiger partial charge in [-0.3, -0.25) is 0 Å². The van der Waals surface area contributed by atoms with E-state index in [4.69, 9.17) is 32.9 Å². The van der Waals surface area contributed by atoms with Crippen LogP contribution in [-0.2, 0) is 25.3 Å². The quantitative estimate of drug-likeness (QED) is 0.256. The van der Waals surface area contributed by atoms with Crippen LogP contribution >= 0.6 is 0 Å². The molecule has 0 spiro atoms. The Hall–Kier alpha value is -3.30. The summed E-state index contributed by atoms with van der Waals surface area (Å²) in [6.45, 7) is 15.9. The first-order valence-corrected chi connectivity index (χ1v) is 13.3. The van der Waals surface area contributed by atoms with Crippen LogP contribution in [0.2, 0.25) is 0 Å². The number of aromatic nitrogens is 1. The van der Waals surface area contributed by atoms with Crippen LogP contribution in [0.4, 0.5) is 0 Å². The number of carbonyl (C=O) groups excluding carboxylic acids is 1. The van der Waals surface area contributed by atoms with E-state index in [0.29, 0.717) is 37.0 Å². The van der Waals surface area contributed by atoms with Gasteiger partial charge in [-0.25, -0.2) is 9.78 Å². The van der Waals surface area contributed by atoms with Crippen molar-refractivity contribution in [2.24, 2.45) is 0 Å². The molecule has 0 bridgehead atoms. The zero-order chi connectivity index (χ0) is 28.4. The minimum Gasteiger partial charge on any atom is -0.493 e. The molecule has 9 heteroatoms. The molecule has 0 N–H and O–H groups in total. The van der Waals surface area contributed by atoms with Gasteiger partial charge in [-0.05, 0) is 97.3 Å². The van der Waals surface area contributed by atoms with Crippen LogP contribution in [0.5, 0.6) is 11.5 Å². The Morgan fingerprint density at radius 3 is 2.13 bits per heavy atom. The molecule has 1 saturated heterocycles. The van der Waals surface area contributed by atoms with E-state index in [1.807, 2.05) is 58.9 Å². The fourth-order valence-corrected chi connectivity index (χ4v) is 4.06. The first-order chi connectivity index (χ1) is 18.3. The molecule has 0 aliphatic carbocycles. The van der Waals surface area contributed by atoms with Crippen LogP contribution < -0.4 is 14.9 Å². The van der Waals surface area contributed by atoms with Crippen LogP contribution in [0.15, 0.2) is 52.9 Å². The molecule has 0 atom stereocenters. The Kier molecular flexibility index (Phi) is 8.14. The van der Waals surface area contributed by atoms with Crippen LogP contribution in [0.3, 0.4) is 0 Å². The molecule has 2 aromatic carbocycles. The van der Waals surface area contributed by atoms with Gasteiger partial charge in [-0.1, -0.05) is 12.1 Å². The Balaban J connectivity index is 1.32. The van der Waals surface area contributed by atoms with E-state index < -0.39 is 18.7 Å². The molecule has 1 aliphatic heterocycles. The standard InChI is InChI=1S/C30H38BNO7/c1-9-34-27(33)28(3,4)37-24-16-14-23(15-17-24)35-19-18-25-20(2)36-26(32-25)21-10-12-22(13-11-21)31-38-29(5,6)30(7,8)39-31/h10-17H,9,18-19H2,1-8H3. The summed E-state index contributed by atoms with van der Waals surface area (Å²) in [5.74, 6) is 2.16.